The van der Waals surface area contributed by atoms with E-state index in [0.29, 0.717) is 17.1 Å². The Balaban J connectivity index is 2.13. The van der Waals surface area contributed by atoms with Crippen molar-refractivity contribution < 1.29 is 9.18 Å². The summed E-state index contributed by atoms with van der Waals surface area (Å²) in [5, 5.41) is 0. The summed E-state index contributed by atoms with van der Waals surface area (Å²) in [7, 11) is 0. The van der Waals surface area contributed by atoms with E-state index in [-0.39, 0.29) is 22.7 Å². The summed E-state index contributed by atoms with van der Waals surface area (Å²) in [6.07, 6.45) is 0.872. The number of carbonyl (C=O) groups excluding carboxylic acids is 1. The Morgan fingerprint density at radius 1 is 0.923 bits per heavy atom. The molecule has 3 nitrogen and oxygen atoms in total. The molecule has 0 radical (unpaired) electrons. The number of aliphatic imine (C=N–C) groups is 1. The number of fused-ring (bicyclic) bond motifs is 1. The standard InChI is InChI=1S/C22H25FN2O/c1-21(2,3)14-22(4,5)24-19-17-8-6-7-9-18(17)20(26)25(19)16-12-10-15(23)11-13-16/h6-13H,14H2,1-5H3. The molecule has 0 saturated heterocycles. The van der Waals surface area contributed by atoms with E-state index in [1.807, 2.05) is 24.3 Å². The number of hydrogen-bond donors (Lipinski definition) is 0. The van der Waals surface area contributed by atoms with Crippen LogP contribution in [0.2, 0.25) is 0 Å². The lowest BCUT2D eigenvalue weighted by Gasteiger charge is -2.30. The van der Waals surface area contributed by atoms with Crippen molar-refractivity contribution in [2.75, 3.05) is 4.90 Å². The third-order valence-corrected chi connectivity index (χ3v) is 4.27. The van der Waals surface area contributed by atoms with Crippen LogP contribution in [0.4, 0.5) is 10.1 Å². The summed E-state index contributed by atoms with van der Waals surface area (Å²) in [4.78, 5) is 19.6. The van der Waals surface area contributed by atoms with Crippen LogP contribution < -0.4 is 4.90 Å². The third-order valence-electron chi connectivity index (χ3n) is 4.27. The Morgan fingerprint density at radius 2 is 1.50 bits per heavy atom. The minimum absolute atomic E-state index is 0.108. The zero-order chi connectivity index (χ0) is 19.1. The lowest BCUT2D eigenvalue weighted by molar-refractivity contribution is 0.101. The molecular weight excluding hydrogens is 327 g/mol. The van der Waals surface area contributed by atoms with Gasteiger partial charge in [-0.15, -0.1) is 0 Å². The predicted octanol–water partition coefficient (Wildman–Crippen LogP) is 5.45. The van der Waals surface area contributed by atoms with E-state index in [1.54, 1.807) is 17.0 Å². The summed E-state index contributed by atoms with van der Waals surface area (Å²) in [6, 6.07) is 13.5. The van der Waals surface area contributed by atoms with E-state index in [1.165, 1.54) is 12.1 Å². The van der Waals surface area contributed by atoms with Gasteiger partial charge in [-0.3, -0.25) is 14.7 Å². The normalized spacial score (nSPS) is 16.3. The van der Waals surface area contributed by atoms with Gasteiger partial charge in [-0.05, 0) is 56.0 Å². The van der Waals surface area contributed by atoms with Gasteiger partial charge in [0.1, 0.15) is 11.7 Å². The second kappa shape index (κ2) is 6.35. The Kier molecular flexibility index (Phi) is 4.47. The minimum Gasteiger partial charge on any atom is -0.268 e. The van der Waals surface area contributed by atoms with Crippen LogP contribution in [0.25, 0.3) is 0 Å². The van der Waals surface area contributed by atoms with Gasteiger partial charge >= 0.3 is 0 Å². The number of carbonyl (C=O) groups is 1. The van der Waals surface area contributed by atoms with Gasteiger partial charge in [-0.1, -0.05) is 39.0 Å². The molecule has 0 fully saturated rings. The molecular formula is C22H25FN2O. The fourth-order valence-corrected chi connectivity index (χ4v) is 3.77. The van der Waals surface area contributed by atoms with Crippen LogP contribution in [0.5, 0.6) is 0 Å². The van der Waals surface area contributed by atoms with Crippen LogP contribution in [0.1, 0.15) is 57.0 Å². The first-order valence-electron chi connectivity index (χ1n) is 8.87. The predicted molar refractivity (Wildman–Crippen MR) is 104 cm³/mol. The Hall–Kier alpha value is -2.49. The van der Waals surface area contributed by atoms with Crippen LogP contribution >= 0.6 is 0 Å². The average molecular weight is 352 g/mol. The topological polar surface area (TPSA) is 32.7 Å². The molecule has 0 N–H and O–H groups in total. The molecule has 1 amide bonds. The van der Waals surface area contributed by atoms with Gasteiger partial charge in [0.05, 0.1) is 16.8 Å². The van der Waals surface area contributed by atoms with Crippen LogP contribution in [0.15, 0.2) is 53.5 Å². The van der Waals surface area contributed by atoms with Crippen molar-refractivity contribution >= 4 is 17.4 Å². The number of benzene rings is 2. The van der Waals surface area contributed by atoms with Gasteiger partial charge < -0.3 is 0 Å². The number of amidine groups is 1. The molecule has 2 aromatic carbocycles. The maximum atomic E-state index is 13.4. The Labute approximate surface area is 154 Å². The molecule has 0 atom stereocenters. The molecule has 26 heavy (non-hydrogen) atoms. The number of hydrogen-bond acceptors (Lipinski definition) is 2. The zero-order valence-electron chi connectivity index (χ0n) is 16.0. The lowest BCUT2D eigenvalue weighted by atomic mass is 9.82. The highest BCUT2D eigenvalue weighted by Gasteiger charge is 2.36. The number of amides is 1. The van der Waals surface area contributed by atoms with Crippen molar-refractivity contribution in [2.45, 2.75) is 46.6 Å². The van der Waals surface area contributed by atoms with Crippen LogP contribution in [-0.2, 0) is 0 Å². The van der Waals surface area contributed by atoms with Gasteiger partial charge in [0.25, 0.3) is 5.91 Å². The molecule has 136 valence electrons. The summed E-state index contributed by atoms with van der Waals surface area (Å²) in [6.45, 7) is 10.7. The van der Waals surface area contributed by atoms with Gasteiger partial charge in [-0.2, -0.15) is 0 Å². The molecule has 1 heterocycles. The molecule has 0 aromatic heterocycles. The largest absolute Gasteiger partial charge is 0.268 e. The Bertz CT molecular complexity index is 860. The first-order valence-corrected chi connectivity index (χ1v) is 8.87. The highest BCUT2D eigenvalue weighted by molar-refractivity contribution is 6.36. The highest BCUT2D eigenvalue weighted by Crippen LogP contribution is 2.34. The zero-order valence-corrected chi connectivity index (χ0v) is 16.0. The highest BCUT2D eigenvalue weighted by atomic mass is 19.1. The molecule has 4 heteroatoms. The van der Waals surface area contributed by atoms with E-state index >= 15 is 0 Å². The number of anilines is 1. The van der Waals surface area contributed by atoms with E-state index in [9.17, 15) is 9.18 Å². The molecule has 2 aromatic rings. The Morgan fingerprint density at radius 3 is 2.08 bits per heavy atom. The summed E-state index contributed by atoms with van der Waals surface area (Å²) in [5.41, 5.74) is 1.84. The van der Waals surface area contributed by atoms with E-state index in [0.717, 1.165) is 12.0 Å². The molecule has 0 spiro atoms. The van der Waals surface area contributed by atoms with Crippen molar-refractivity contribution in [2.24, 2.45) is 10.4 Å². The van der Waals surface area contributed by atoms with Crippen molar-refractivity contribution in [3.63, 3.8) is 0 Å². The SMILES string of the molecule is CC(C)(C)CC(C)(C)N=C1c2ccccc2C(=O)N1c1ccc(F)cc1. The van der Waals surface area contributed by atoms with E-state index < -0.39 is 0 Å². The fraction of sp³-hybridized carbons (Fsp3) is 0.364. The summed E-state index contributed by atoms with van der Waals surface area (Å²) >= 11 is 0. The lowest BCUT2D eigenvalue weighted by Crippen LogP contribution is -2.34. The summed E-state index contributed by atoms with van der Waals surface area (Å²) in [5.74, 6) is 0.174. The average Bonchev–Trinajstić information content (AvgIpc) is 2.79. The first-order chi connectivity index (χ1) is 12.1. The fourth-order valence-electron chi connectivity index (χ4n) is 3.77. The van der Waals surface area contributed by atoms with Crippen molar-refractivity contribution in [3.05, 3.63) is 65.5 Å². The maximum absolute atomic E-state index is 13.4. The van der Waals surface area contributed by atoms with E-state index in [4.69, 9.17) is 4.99 Å². The van der Waals surface area contributed by atoms with Crippen LogP contribution in [-0.4, -0.2) is 17.3 Å². The van der Waals surface area contributed by atoms with Crippen LogP contribution in [0, 0.1) is 11.2 Å². The summed E-state index contributed by atoms with van der Waals surface area (Å²) < 4.78 is 13.4. The van der Waals surface area contributed by atoms with Crippen molar-refractivity contribution in [1.82, 2.24) is 0 Å². The van der Waals surface area contributed by atoms with Gasteiger partial charge in [0.2, 0.25) is 0 Å². The molecule has 0 unspecified atom stereocenters. The molecule has 0 bridgehead atoms. The van der Waals surface area contributed by atoms with E-state index in [2.05, 4.69) is 34.6 Å². The molecule has 0 aliphatic carbocycles. The number of halogens is 1. The quantitative estimate of drug-likeness (QED) is 0.723. The van der Waals surface area contributed by atoms with Crippen molar-refractivity contribution in [3.8, 4) is 0 Å². The molecule has 1 aliphatic rings. The molecule has 0 saturated carbocycles. The van der Waals surface area contributed by atoms with Gasteiger partial charge in [0, 0.05) is 5.56 Å². The monoisotopic (exact) mass is 352 g/mol. The number of rotatable bonds is 3. The second-order valence-corrected chi connectivity index (χ2v) is 8.65. The van der Waals surface area contributed by atoms with Gasteiger partial charge in [0.15, 0.2) is 0 Å². The smallest absolute Gasteiger partial charge is 0.264 e. The molecule has 1 aliphatic heterocycles. The van der Waals surface area contributed by atoms with Gasteiger partial charge in [-0.25, -0.2) is 4.39 Å². The third kappa shape index (κ3) is 3.69. The van der Waals surface area contributed by atoms with Crippen LogP contribution in [0.3, 0.4) is 0 Å². The van der Waals surface area contributed by atoms with Crippen molar-refractivity contribution in [1.29, 1.82) is 0 Å². The minimum atomic E-state index is -0.344. The second-order valence-electron chi connectivity index (χ2n) is 8.65. The molecule has 3 rings (SSSR count). The number of nitrogens with zero attached hydrogens (tertiary/aromatic N) is 2. The maximum Gasteiger partial charge on any atom is 0.264 e. The first kappa shape index (κ1) is 18.3.